The van der Waals surface area contributed by atoms with Crippen molar-refractivity contribution < 1.29 is 24.5 Å². The Hall–Kier alpha value is -2.69. The first-order chi connectivity index (χ1) is 10.5. The molecule has 0 saturated heterocycles. The molecule has 1 atom stereocenters. The second kappa shape index (κ2) is 5.26. The predicted octanol–water partition coefficient (Wildman–Crippen LogP) is 3.12. The van der Waals surface area contributed by atoms with Gasteiger partial charge in [-0.2, -0.15) is 0 Å². The summed E-state index contributed by atoms with van der Waals surface area (Å²) < 4.78 is 11.1. The molecule has 0 aromatic heterocycles. The lowest BCUT2D eigenvalue weighted by atomic mass is 9.94. The Kier molecular flexibility index (Phi) is 3.41. The maximum atomic E-state index is 12.4. The van der Waals surface area contributed by atoms with Gasteiger partial charge in [-0.05, 0) is 24.6 Å². The molecule has 1 aliphatic heterocycles. The normalized spacial score (nSPS) is 16.8. The summed E-state index contributed by atoms with van der Waals surface area (Å²) in [5, 5.41) is 19.5. The fourth-order valence-electron chi connectivity index (χ4n) is 2.64. The van der Waals surface area contributed by atoms with Gasteiger partial charge < -0.3 is 19.7 Å². The number of rotatable bonds is 2. The average molecular weight is 300 g/mol. The van der Waals surface area contributed by atoms with Crippen molar-refractivity contribution in [2.75, 3.05) is 7.11 Å². The lowest BCUT2D eigenvalue weighted by Crippen LogP contribution is -2.20. The summed E-state index contributed by atoms with van der Waals surface area (Å²) in [4.78, 5) is 12.4. The minimum Gasteiger partial charge on any atom is -0.508 e. The molecule has 0 saturated carbocycles. The number of hydrogen-bond donors (Lipinski definition) is 2. The Morgan fingerprint density at radius 3 is 2.55 bits per heavy atom. The molecule has 1 aliphatic rings. The summed E-state index contributed by atoms with van der Waals surface area (Å²) in [6.45, 7) is 1.69. The topological polar surface area (TPSA) is 76.0 Å². The van der Waals surface area contributed by atoms with Crippen molar-refractivity contribution in [1.82, 2.24) is 0 Å². The van der Waals surface area contributed by atoms with E-state index in [2.05, 4.69) is 0 Å². The Morgan fingerprint density at radius 1 is 1.23 bits per heavy atom. The van der Waals surface area contributed by atoms with Crippen molar-refractivity contribution >= 4 is 5.78 Å². The van der Waals surface area contributed by atoms with Crippen LogP contribution in [0.15, 0.2) is 30.3 Å². The maximum Gasteiger partial charge on any atom is 0.174 e. The van der Waals surface area contributed by atoms with E-state index in [9.17, 15) is 15.0 Å². The zero-order chi connectivity index (χ0) is 15.9. The number of methoxy groups -OCH3 is 1. The van der Waals surface area contributed by atoms with Crippen molar-refractivity contribution in [2.45, 2.75) is 19.4 Å². The monoisotopic (exact) mass is 300 g/mol. The third-order valence-electron chi connectivity index (χ3n) is 3.87. The highest BCUT2D eigenvalue weighted by Crippen LogP contribution is 2.44. The molecular weight excluding hydrogens is 284 g/mol. The maximum absolute atomic E-state index is 12.4. The van der Waals surface area contributed by atoms with E-state index in [1.165, 1.54) is 7.11 Å². The molecule has 2 aromatic carbocycles. The molecule has 0 amide bonds. The Morgan fingerprint density at radius 2 is 1.91 bits per heavy atom. The third-order valence-corrected chi connectivity index (χ3v) is 3.87. The first-order valence-electron chi connectivity index (χ1n) is 6.90. The number of Topliss-reactive ketones (excluding diaryl/α,β-unsaturated/α-hetero) is 1. The highest BCUT2D eigenvalue weighted by molar-refractivity contribution is 6.03. The standard InChI is InChI=1S/C17H16O5/c1-9-13(21-2)8-15-16(17(9)20)12(19)7-14(22-15)10-3-5-11(18)6-4-10/h3-6,8,14,18,20H,7H2,1-2H3. The number of hydrogen-bond acceptors (Lipinski definition) is 5. The number of phenolic OH excluding ortho intramolecular Hbond substituents is 2. The quantitative estimate of drug-likeness (QED) is 0.891. The first-order valence-corrected chi connectivity index (χ1v) is 6.90. The van der Waals surface area contributed by atoms with E-state index in [4.69, 9.17) is 9.47 Å². The zero-order valence-corrected chi connectivity index (χ0v) is 12.3. The molecule has 1 heterocycles. The van der Waals surface area contributed by atoms with Gasteiger partial charge in [0.05, 0.1) is 13.5 Å². The van der Waals surface area contributed by atoms with Crippen molar-refractivity contribution in [2.24, 2.45) is 0 Å². The van der Waals surface area contributed by atoms with Crippen LogP contribution in [0.3, 0.4) is 0 Å². The number of ketones is 1. The van der Waals surface area contributed by atoms with Gasteiger partial charge in [0.15, 0.2) is 5.78 Å². The number of ether oxygens (including phenoxy) is 2. The molecule has 2 N–H and O–H groups in total. The fraction of sp³-hybridized carbons (Fsp3) is 0.235. The van der Waals surface area contributed by atoms with Crippen LogP contribution >= 0.6 is 0 Å². The lowest BCUT2D eigenvalue weighted by Gasteiger charge is -2.27. The predicted molar refractivity (Wildman–Crippen MR) is 79.8 cm³/mol. The molecule has 5 nitrogen and oxygen atoms in total. The second-order valence-corrected chi connectivity index (χ2v) is 5.25. The van der Waals surface area contributed by atoms with Gasteiger partial charge in [0.25, 0.3) is 0 Å². The molecule has 114 valence electrons. The van der Waals surface area contributed by atoms with Crippen molar-refractivity contribution in [3.05, 3.63) is 47.0 Å². The van der Waals surface area contributed by atoms with E-state index >= 15 is 0 Å². The van der Waals surface area contributed by atoms with E-state index in [0.29, 0.717) is 17.1 Å². The van der Waals surface area contributed by atoms with Gasteiger partial charge in [-0.1, -0.05) is 12.1 Å². The molecule has 0 bridgehead atoms. The third kappa shape index (κ3) is 2.24. The van der Waals surface area contributed by atoms with Gasteiger partial charge in [-0.15, -0.1) is 0 Å². The lowest BCUT2D eigenvalue weighted by molar-refractivity contribution is 0.0844. The highest BCUT2D eigenvalue weighted by Gasteiger charge is 2.32. The van der Waals surface area contributed by atoms with Crippen LogP contribution < -0.4 is 9.47 Å². The van der Waals surface area contributed by atoms with E-state index in [-0.39, 0.29) is 29.3 Å². The number of carbonyl (C=O) groups excluding carboxylic acids is 1. The number of carbonyl (C=O) groups is 1. The van der Waals surface area contributed by atoms with Gasteiger partial charge in [-0.3, -0.25) is 4.79 Å². The second-order valence-electron chi connectivity index (χ2n) is 5.25. The van der Waals surface area contributed by atoms with E-state index < -0.39 is 6.10 Å². The summed E-state index contributed by atoms with van der Waals surface area (Å²) >= 11 is 0. The summed E-state index contributed by atoms with van der Waals surface area (Å²) in [6.07, 6.45) is -0.315. The van der Waals surface area contributed by atoms with Crippen molar-refractivity contribution in [1.29, 1.82) is 0 Å². The molecule has 0 fully saturated rings. The molecule has 2 aromatic rings. The van der Waals surface area contributed by atoms with E-state index in [1.54, 1.807) is 37.3 Å². The number of phenols is 2. The van der Waals surface area contributed by atoms with E-state index in [0.717, 1.165) is 5.56 Å². The van der Waals surface area contributed by atoms with Crippen LogP contribution in [0.2, 0.25) is 0 Å². The van der Waals surface area contributed by atoms with Crippen LogP contribution in [-0.4, -0.2) is 23.1 Å². The van der Waals surface area contributed by atoms with Gasteiger partial charge in [0, 0.05) is 11.6 Å². The van der Waals surface area contributed by atoms with Crippen LogP contribution in [0.5, 0.6) is 23.0 Å². The number of benzene rings is 2. The fourth-order valence-corrected chi connectivity index (χ4v) is 2.64. The van der Waals surface area contributed by atoms with Crippen molar-refractivity contribution in [3.8, 4) is 23.0 Å². The van der Waals surface area contributed by atoms with E-state index in [1.807, 2.05) is 0 Å². The summed E-state index contributed by atoms with van der Waals surface area (Å²) in [5.74, 6) is 0.664. The zero-order valence-electron chi connectivity index (χ0n) is 12.3. The van der Waals surface area contributed by atoms with Crippen LogP contribution in [-0.2, 0) is 0 Å². The van der Waals surface area contributed by atoms with Crippen LogP contribution in [0.1, 0.15) is 34.0 Å². The van der Waals surface area contributed by atoms with Gasteiger partial charge >= 0.3 is 0 Å². The molecule has 3 rings (SSSR count). The summed E-state index contributed by atoms with van der Waals surface area (Å²) in [7, 11) is 1.50. The minimum absolute atomic E-state index is 0.0940. The average Bonchev–Trinajstić information content (AvgIpc) is 2.51. The number of fused-ring (bicyclic) bond motifs is 1. The summed E-state index contributed by atoms with van der Waals surface area (Å²) in [5.41, 5.74) is 1.51. The van der Waals surface area contributed by atoms with Crippen LogP contribution in [0.4, 0.5) is 0 Å². The SMILES string of the molecule is COc1cc2c(c(O)c1C)C(=O)CC(c1ccc(O)cc1)O2. The first kappa shape index (κ1) is 14.3. The summed E-state index contributed by atoms with van der Waals surface area (Å²) in [6, 6.07) is 8.14. The Bertz CT molecular complexity index is 734. The molecular formula is C17H16O5. The van der Waals surface area contributed by atoms with Gasteiger partial charge in [0.2, 0.25) is 0 Å². The van der Waals surface area contributed by atoms with Crippen LogP contribution in [0, 0.1) is 6.92 Å². The largest absolute Gasteiger partial charge is 0.508 e. The molecule has 1 unspecified atom stereocenters. The van der Waals surface area contributed by atoms with Gasteiger partial charge in [-0.25, -0.2) is 0 Å². The molecule has 0 aliphatic carbocycles. The molecule has 22 heavy (non-hydrogen) atoms. The van der Waals surface area contributed by atoms with Crippen molar-refractivity contribution in [3.63, 3.8) is 0 Å². The highest BCUT2D eigenvalue weighted by atomic mass is 16.5. The Balaban J connectivity index is 2.03. The molecule has 5 heteroatoms. The van der Waals surface area contributed by atoms with Crippen LogP contribution in [0.25, 0.3) is 0 Å². The van der Waals surface area contributed by atoms with Gasteiger partial charge in [0.1, 0.15) is 34.7 Å². The number of aromatic hydroxyl groups is 2. The molecule has 0 spiro atoms. The smallest absolute Gasteiger partial charge is 0.174 e. The molecule has 0 radical (unpaired) electrons. The minimum atomic E-state index is -0.451. The Labute approximate surface area is 127 Å².